The Hall–Kier alpha value is -1.02. The minimum absolute atomic E-state index is 0.0862. The fraction of sp³-hybridized carbons (Fsp3) is 0.529. The Balaban J connectivity index is 2.25. The van der Waals surface area contributed by atoms with Crippen molar-refractivity contribution in [2.75, 3.05) is 13.6 Å². The molecule has 2 atom stereocenters. The Morgan fingerprint density at radius 3 is 2.74 bits per heavy atom. The zero-order valence-corrected chi connectivity index (χ0v) is 12.7. The summed E-state index contributed by atoms with van der Waals surface area (Å²) in [7, 11) is 2.13. The highest BCUT2D eigenvalue weighted by atomic mass is 16.5. The maximum Gasteiger partial charge on any atom is 0.119 e. The fourth-order valence-electron chi connectivity index (χ4n) is 2.69. The lowest BCUT2D eigenvalue weighted by Crippen LogP contribution is -2.43. The fourth-order valence-corrected chi connectivity index (χ4v) is 2.69. The van der Waals surface area contributed by atoms with E-state index in [1.807, 2.05) is 6.07 Å². The van der Waals surface area contributed by atoms with Gasteiger partial charge in [-0.1, -0.05) is 26.0 Å². The van der Waals surface area contributed by atoms with Crippen LogP contribution in [0.4, 0.5) is 0 Å². The number of piperidine rings is 1. The van der Waals surface area contributed by atoms with E-state index in [1.54, 1.807) is 0 Å². The molecule has 0 spiro atoms. The molecule has 2 nitrogen and oxygen atoms in total. The van der Waals surface area contributed by atoms with Crippen LogP contribution in [-0.2, 0) is 5.41 Å². The van der Waals surface area contributed by atoms with Gasteiger partial charge in [-0.2, -0.15) is 0 Å². The molecule has 19 heavy (non-hydrogen) atoms. The van der Waals surface area contributed by atoms with Crippen molar-refractivity contribution >= 4 is 0 Å². The summed E-state index contributed by atoms with van der Waals surface area (Å²) in [5, 5.41) is 0. The molecular weight excluding hydrogens is 234 g/mol. The van der Waals surface area contributed by atoms with Gasteiger partial charge in [0.15, 0.2) is 0 Å². The van der Waals surface area contributed by atoms with Crippen LogP contribution in [-0.4, -0.2) is 24.6 Å². The third-order valence-electron chi connectivity index (χ3n) is 4.09. The van der Waals surface area contributed by atoms with Gasteiger partial charge in [0.25, 0.3) is 0 Å². The van der Waals surface area contributed by atoms with Crippen molar-refractivity contribution in [3.05, 3.63) is 42.8 Å². The average Bonchev–Trinajstić information content (AvgIpc) is 2.34. The molecule has 0 saturated carbocycles. The Morgan fingerprint density at radius 2 is 2.11 bits per heavy atom. The minimum atomic E-state index is 0.0862. The lowest BCUT2D eigenvalue weighted by Gasteiger charge is -2.43. The number of likely N-dealkylation sites (tertiary alicyclic amines) is 1. The first kappa shape index (κ1) is 14.4. The molecule has 1 fully saturated rings. The van der Waals surface area contributed by atoms with Crippen LogP contribution in [0.2, 0.25) is 0 Å². The molecule has 2 rings (SSSR count). The number of nitrogens with zero attached hydrogens (tertiary/aromatic N) is 1. The smallest absolute Gasteiger partial charge is 0.119 e. The van der Waals surface area contributed by atoms with Gasteiger partial charge in [-0.05, 0) is 50.9 Å². The van der Waals surface area contributed by atoms with E-state index in [0.717, 1.165) is 12.3 Å². The van der Waals surface area contributed by atoms with Crippen LogP contribution in [0.5, 0.6) is 5.75 Å². The number of hydrogen-bond donors (Lipinski definition) is 0. The van der Waals surface area contributed by atoms with Crippen LogP contribution in [0.15, 0.2) is 24.3 Å². The molecule has 1 saturated heterocycles. The van der Waals surface area contributed by atoms with Crippen molar-refractivity contribution in [3.63, 3.8) is 0 Å². The largest absolute Gasteiger partial charge is 0.491 e. The third kappa shape index (κ3) is 3.11. The number of ether oxygens (including phenoxy) is 1. The van der Waals surface area contributed by atoms with Crippen LogP contribution in [0.3, 0.4) is 0 Å². The number of benzene rings is 1. The first-order valence-corrected chi connectivity index (χ1v) is 7.08. The zero-order chi connectivity index (χ0) is 14.0. The number of hydrogen-bond acceptors (Lipinski definition) is 2. The summed E-state index contributed by atoms with van der Waals surface area (Å²) in [6.45, 7) is 12.0. The molecule has 104 valence electrons. The standard InChI is InChI=1S/C17H25NO/c1-13(2)19-16-8-6-7-15(11-16)17(4)9-10-18(5)12-14(17)3/h6-11,13-14H,12H2,1-5H3. The molecule has 1 aromatic carbocycles. The van der Waals surface area contributed by atoms with Gasteiger partial charge in [-0.25, -0.2) is 0 Å². The lowest BCUT2D eigenvalue weighted by molar-refractivity contribution is 0.216. The van der Waals surface area contributed by atoms with Gasteiger partial charge in [0.2, 0.25) is 0 Å². The van der Waals surface area contributed by atoms with Gasteiger partial charge in [-0.3, -0.25) is 0 Å². The Labute approximate surface area is 117 Å². The van der Waals surface area contributed by atoms with E-state index in [0.29, 0.717) is 5.92 Å². The molecule has 2 heteroatoms. The van der Waals surface area contributed by atoms with E-state index >= 15 is 0 Å². The molecule has 0 amide bonds. The van der Waals surface area contributed by atoms with E-state index in [2.05, 4.69) is 70.8 Å². The molecule has 2 radical (unpaired) electrons. The first-order chi connectivity index (χ1) is 8.91. The van der Waals surface area contributed by atoms with Gasteiger partial charge in [0.1, 0.15) is 5.75 Å². The molecule has 1 aliphatic rings. The highest BCUT2D eigenvalue weighted by Gasteiger charge is 2.37. The van der Waals surface area contributed by atoms with Crippen LogP contribution in [0.1, 0.15) is 33.3 Å². The monoisotopic (exact) mass is 259 g/mol. The maximum atomic E-state index is 5.81. The summed E-state index contributed by atoms with van der Waals surface area (Å²) in [5.74, 6) is 1.55. The number of rotatable bonds is 3. The average molecular weight is 259 g/mol. The summed E-state index contributed by atoms with van der Waals surface area (Å²) in [6.07, 6.45) is 2.53. The summed E-state index contributed by atoms with van der Waals surface area (Å²) >= 11 is 0. The van der Waals surface area contributed by atoms with Gasteiger partial charge in [-0.15, -0.1) is 0 Å². The van der Waals surface area contributed by atoms with Crippen molar-refractivity contribution < 1.29 is 4.74 Å². The van der Waals surface area contributed by atoms with Crippen molar-refractivity contribution in [1.29, 1.82) is 0 Å². The van der Waals surface area contributed by atoms with E-state index in [9.17, 15) is 0 Å². The first-order valence-electron chi connectivity index (χ1n) is 7.08. The summed E-state index contributed by atoms with van der Waals surface area (Å²) in [6, 6.07) is 8.53. The van der Waals surface area contributed by atoms with Crippen molar-refractivity contribution in [1.82, 2.24) is 4.90 Å². The molecule has 0 aliphatic carbocycles. The lowest BCUT2D eigenvalue weighted by atomic mass is 9.68. The second kappa shape index (κ2) is 5.54. The molecule has 1 aliphatic heterocycles. The summed E-state index contributed by atoms with van der Waals surface area (Å²) in [5.41, 5.74) is 1.42. The molecule has 0 bridgehead atoms. The topological polar surface area (TPSA) is 12.5 Å². The van der Waals surface area contributed by atoms with E-state index in [-0.39, 0.29) is 11.5 Å². The second-order valence-corrected chi connectivity index (χ2v) is 6.13. The van der Waals surface area contributed by atoms with E-state index < -0.39 is 0 Å². The second-order valence-electron chi connectivity index (χ2n) is 6.13. The van der Waals surface area contributed by atoms with Crippen LogP contribution >= 0.6 is 0 Å². The van der Waals surface area contributed by atoms with E-state index in [4.69, 9.17) is 4.74 Å². The summed E-state index contributed by atoms with van der Waals surface area (Å²) in [4.78, 5) is 2.25. The van der Waals surface area contributed by atoms with Gasteiger partial charge in [0.05, 0.1) is 6.10 Å². The zero-order valence-electron chi connectivity index (χ0n) is 12.7. The van der Waals surface area contributed by atoms with Gasteiger partial charge in [0, 0.05) is 18.5 Å². The summed E-state index contributed by atoms with van der Waals surface area (Å²) < 4.78 is 5.81. The highest BCUT2D eigenvalue weighted by Crippen LogP contribution is 2.40. The predicted molar refractivity (Wildman–Crippen MR) is 80.0 cm³/mol. The van der Waals surface area contributed by atoms with Gasteiger partial charge >= 0.3 is 0 Å². The normalized spacial score (nSPS) is 28.6. The predicted octanol–water partition coefficient (Wildman–Crippen LogP) is 3.68. The Kier molecular flexibility index (Phi) is 4.19. The maximum absolute atomic E-state index is 5.81. The molecule has 0 aromatic heterocycles. The molecule has 0 N–H and O–H groups in total. The molecule has 2 unspecified atom stereocenters. The van der Waals surface area contributed by atoms with Crippen LogP contribution in [0.25, 0.3) is 0 Å². The van der Waals surface area contributed by atoms with Crippen molar-refractivity contribution in [2.45, 2.75) is 39.2 Å². The Morgan fingerprint density at radius 1 is 1.37 bits per heavy atom. The quantitative estimate of drug-likeness (QED) is 0.821. The van der Waals surface area contributed by atoms with Crippen LogP contribution in [0, 0.1) is 18.9 Å². The van der Waals surface area contributed by atoms with Crippen molar-refractivity contribution in [3.8, 4) is 5.75 Å². The van der Waals surface area contributed by atoms with Gasteiger partial charge < -0.3 is 9.64 Å². The molecule has 1 heterocycles. The molecule has 1 aromatic rings. The van der Waals surface area contributed by atoms with Crippen molar-refractivity contribution in [2.24, 2.45) is 5.92 Å². The van der Waals surface area contributed by atoms with Crippen LogP contribution < -0.4 is 4.74 Å². The molecular formula is C17H25NO. The SMILES string of the molecule is CC(C)Oc1cccc(C2(C)[CH][CH]N(C)CC2C)c1. The highest BCUT2D eigenvalue weighted by molar-refractivity contribution is 5.38. The minimum Gasteiger partial charge on any atom is -0.491 e. The third-order valence-corrected chi connectivity index (χ3v) is 4.09. The van der Waals surface area contributed by atoms with E-state index in [1.165, 1.54) is 5.56 Å². The Bertz CT molecular complexity index is 429.